The van der Waals surface area contributed by atoms with Crippen molar-refractivity contribution in [1.82, 2.24) is 9.13 Å². The molecule has 154 valence electrons. The van der Waals surface area contributed by atoms with E-state index in [0.717, 1.165) is 47.2 Å². The minimum Gasteiger partial charge on any atom is -0.465 e. The summed E-state index contributed by atoms with van der Waals surface area (Å²) >= 11 is 1.58. The summed E-state index contributed by atoms with van der Waals surface area (Å²) in [6.07, 6.45) is 3.67. The lowest BCUT2D eigenvalue weighted by Gasteiger charge is -2.17. The Morgan fingerprint density at radius 1 is 1.29 bits per heavy atom. The van der Waals surface area contributed by atoms with Crippen LogP contribution in [0.15, 0.2) is 9.59 Å². The smallest absolute Gasteiger partial charge is 0.332 e. The highest BCUT2D eigenvalue weighted by molar-refractivity contribution is 7.18. The number of quaternary nitrogens is 1. The molecule has 0 radical (unpaired) electrons. The Balaban J connectivity index is 2.15. The first-order valence-electron chi connectivity index (χ1n) is 10.1. The van der Waals surface area contributed by atoms with Crippen molar-refractivity contribution in [2.45, 2.75) is 52.6 Å². The van der Waals surface area contributed by atoms with Crippen LogP contribution < -0.4 is 16.1 Å². The van der Waals surface area contributed by atoms with E-state index in [1.807, 2.05) is 0 Å². The predicted molar refractivity (Wildman–Crippen MR) is 110 cm³/mol. The molecule has 1 aliphatic rings. The van der Waals surface area contributed by atoms with Crippen molar-refractivity contribution in [1.29, 1.82) is 0 Å². The Morgan fingerprint density at radius 3 is 2.71 bits per heavy atom. The number of hydrogen-bond acceptors (Lipinski definition) is 5. The first kappa shape index (κ1) is 20.8. The number of nitrogens with zero attached hydrogens (tertiary/aromatic N) is 2. The van der Waals surface area contributed by atoms with Crippen molar-refractivity contribution in [2.24, 2.45) is 5.92 Å². The van der Waals surface area contributed by atoms with Gasteiger partial charge in [0.15, 0.2) is 0 Å². The molecule has 7 nitrogen and oxygen atoms in total. The molecule has 8 heteroatoms. The lowest BCUT2D eigenvalue weighted by atomic mass is 9.89. The molecule has 3 rings (SSSR count). The van der Waals surface area contributed by atoms with E-state index in [2.05, 4.69) is 21.0 Å². The number of rotatable bonds is 7. The summed E-state index contributed by atoms with van der Waals surface area (Å²) in [5, 5.41) is 0.632. The minimum atomic E-state index is -0.553. The second-order valence-electron chi connectivity index (χ2n) is 7.97. The summed E-state index contributed by atoms with van der Waals surface area (Å²) < 4.78 is 7.75. The highest BCUT2D eigenvalue weighted by Crippen LogP contribution is 2.36. The molecule has 28 heavy (non-hydrogen) atoms. The average molecular weight is 409 g/mol. The lowest BCUT2D eigenvalue weighted by molar-refractivity contribution is -0.858. The maximum atomic E-state index is 13.2. The molecule has 0 unspecified atom stereocenters. The van der Waals surface area contributed by atoms with Crippen LogP contribution in [0.1, 0.15) is 37.1 Å². The molecule has 0 spiro atoms. The van der Waals surface area contributed by atoms with Crippen LogP contribution in [0.25, 0.3) is 10.2 Å². The van der Waals surface area contributed by atoms with Crippen LogP contribution in [0.4, 0.5) is 0 Å². The first-order chi connectivity index (χ1) is 13.3. The van der Waals surface area contributed by atoms with Gasteiger partial charge in [0.2, 0.25) is 0 Å². The number of fused-ring (bicyclic) bond motifs is 3. The Morgan fingerprint density at radius 2 is 2.04 bits per heavy atom. The van der Waals surface area contributed by atoms with Crippen LogP contribution in [0.2, 0.25) is 0 Å². The third-order valence-corrected chi connectivity index (χ3v) is 6.59. The fraction of sp³-hybridized carbons (Fsp3) is 0.650. The number of aryl methyl sites for hydroxylation is 2. The number of carbonyl (C=O) groups is 1. The van der Waals surface area contributed by atoms with Crippen LogP contribution >= 0.6 is 11.3 Å². The topological polar surface area (TPSA) is 74.7 Å². The number of hydrogen-bond donors (Lipinski definition) is 1. The number of aromatic nitrogens is 2. The average Bonchev–Trinajstić information content (AvgIpc) is 2.99. The van der Waals surface area contributed by atoms with E-state index in [4.69, 9.17) is 4.74 Å². The zero-order valence-corrected chi connectivity index (χ0v) is 18.0. The summed E-state index contributed by atoms with van der Waals surface area (Å²) in [4.78, 5) is 41.6. The van der Waals surface area contributed by atoms with E-state index in [0.29, 0.717) is 17.8 Å². The SMILES string of the molecule is CCOC(=O)Cn1c(=O)c2c3c(sc2n(CCC[NH+](C)C)c1=O)C[C@@H](C)CC3. The number of ether oxygens (including phenoxy) is 1. The van der Waals surface area contributed by atoms with Crippen molar-refractivity contribution in [2.75, 3.05) is 27.2 Å². The molecule has 2 aromatic heterocycles. The monoisotopic (exact) mass is 408 g/mol. The maximum Gasteiger partial charge on any atom is 0.332 e. The van der Waals surface area contributed by atoms with Crippen molar-refractivity contribution in [3.05, 3.63) is 31.3 Å². The van der Waals surface area contributed by atoms with Gasteiger partial charge in [0, 0.05) is 17.8 Å². The van der Waals surface area contributed by atoms with Crippen molar-refractivity contribution in [3.63, 3.8) is 0 Å². The Kier molecular flexibility index (Phi) is 6.40. The highest BCUT2D eigenvalue weighted by atomic mass is 32.1. The van der Waals surface area contributed by atoms with Crippen LogP contribution in [-0.2, 0) is 35.5 Å². The molecule has 0 saturated heterocycles. The molecule has 1 aliphatic carbocycles. The van der Waals surface area contributed by atoms with Gasteiger partial charge in [-0.3, -0.25) is 14.2 Å². The number of esters is 1. The van der Waals surface area contributed by atoms with Crippen LogP contribution in [0.5, 0.6) is 0 Å². The van der Waals surface area contributed by atoms with Crippen LogP contribution in [0, 0.1) is 5.92 Å². The molecule has 2 aromatic rings. The molecule has 0 aliphatic heterocycles. The zero-order valence-electron chi connectivity index (χ0n) is 17.2. The van der Waals surface area contributed by atoms with Gasteiger partial charge in [-0.15, -0.1) is 11.3 Å². The molecule has 0 aromatic carbocycles. The predicted octanol–water partition coefficient (Wildman–Crippen LogP) is 0.447. The van der Waals surface area contributed by atoms with E-state index >= 15 is 0 Å². The summed E-state index contributed by atoms with van der Waals surface area (Å²) in [5.74, 6) is 0.0305. The van der Waals surface area contributed by atoms with Gasteiger partial charge in [0.1, 0.15) is 11.4 Å². The molecule has 0 bridgehead atoms. The zero-order chi connectivity index (χ0) is 20.4. The Labute approximate surface area is 168 Å². The molecule has 0 saturated carbocycles. The van der Waals surface area contributed by atoms with Crippen LogP contribution in [-0.4, -0.2) is 42.4 Å². The van der Waals surface area contributed by atoms with E-state index < -0.39 is 11.7 Å². The molecular weight excluding hydrogens is 378 g/mol. The largest absolute Gasteiger partial charge is 0.465 e. The molecule has 0 amide bonds. The van der Waals surface area contributed by atoms with Gasteiger partial charge in [-0.2, -0.15) is 0 Å². The van der Waals surface area contributed by atoms with E-state index in [9.17, 15) is 14.4 Å². The van der Waals surface area contributed by atoms with Crippen molar-refractivity contribution < 1.29 is 14.4 Å². The van der Waals surface area contributed by atoms with Crippen molar-refractivity contribution in [3.8, 4) is 0 Å². The first-order valence-corrected chi connectivity index (χ1v) is 10.9. The molecule has 1 atom stereocenters. The Bertz CT molecular complexity index is 986. The number of carbonyl (C=O) groups excluding carboxylic acids is 1. The standard InChI is InChI=1S/C20H29N3O4S/c1-5-27-16(24)12-23-18(25)17-14-8-7-13(2)11-15(14)28-19(17)22(20(23)26)10-6-9-21(3)4/h13H,5-12H2,1-4H3/p+1/t13-/m0/s1. The van der Waals surface area contributed by atoms with Gasteiger partial charge < -0.3 is 9.64 Å². The number of nitrogens with one attached hydrogen (secondary N) is 1. The van der Waals surface area contributed by atoms with E-state index in [-0.39, 0.29) is 18.7 Å². The second-order valence-corrected chi connectivity index (χ2v) is 9.06. The quantitative estimate of drug-likeness (QED) is 0.675. The van der Waals surface area contributed by atoms with Gasteiger partial charge in [0.25, 0.3) is 5.56 Å². The molecular formula is C20H30N3O4S+. The maximum absolute atomic E-state index is 13.2. The summed E-state index contributed by atoms with van der Waals surface area (Å²) in [6, 6.07) is 0. The summed E-state index contributed by atoms with van der Waals surface area (Å²) in [5.41, 5.74) is 0.313. The second kappa shape index (κ2) is 8.61. The van der Waals surface area contributed by atoms with Gasteiger partial charge in [0.05, 0.1) is 32.6 Å². The van der Waals surface area contributed by atoms with Gasteiger partial charge in [-0.05, 0) is 37.7 Å². The van der Waals surface area contributed by atoms with E-state index in [1.54, 1.807) is 22.8 Å². The van der Waals surface area contributed by atoms with E-state index in [1.165, 1.54) is 9.78 Å². The minimum absolute atomic E-state index is 0.224. The molecule has 0 fully saturated rings. The van der Waals surface area contributed by atoms with Crippen LogP contribution in [0.3, 0.4) is 0 Å². The van der Waals surface area contributed by atoms with Gasteiger partial charge in [-0.25, -0.2) is 9.36 Å². The normalized spacial score (nSPS) is 16.5. The fourth-order valence-electron chi connectivity index (χ4n) is 3.86. The van der Waals surface area contributed by atoms with Crippen molar-refractivity contribution >= 4 is 27.5 Å². The third kappa shape index (κ3) is 4.07. The number of thiophene rings is 1. The summed E-state index contributed by atoms with van der Waals surface area (Å²) in [6.45, 7) is 5.29. The highest BCUT2D eigenvalue weighted by Gasteiger charge is 2.26. The third-order valence-electron chi connectivity index (χ3n) is 5.31. The lowest BCUT2D eigenvalue weighted by Crippen LogP contribution is -3.05. The van der Waals surface area contributed by atoms with Gasteiger partial charge in [-0.1, -0.05) is 6.92 Å². The molecule has 2 heterocycles. The fourth-order valence-corrected chi connectivity index (χ4v) is 5.39. The molecule has 1 N–H and O–H groups in total. The summed E-state index contributed by atoms with van der Waals surface area (Å²) in [7, 11) is 4.15. The van der Waals surface area contributed by atoms with Gasteiger partial charge >= 0.3 is 11.7 Å². The Hall–Kier alpha value is -1.93.